The molecule has 7 aliphatic carbocycles. The van der Waals surface area contributed by atoms with Crippen LogP contribution < -0.4 is 0 Å². The van der Waals surface area contributed by atoms with Crippen molar-refractivity contribution in [1.29, 1.82) is 15.8 Å². The maximum absolute atomic E-state index is 11.8. The summed E-state index contributed by atoms with van der Waals surface area (Å²) >= 11 is 6.79. The summed E-state index contributed by atoms with van der Waals surface area (Å²) in [6.07, 6.45) is 24.9. The Morgan fingerprint density at radius 2 is 0.540 bits per heavy atom. The summed E-state index contributed by atoms with van der Waals surface area (Å²) in [6, 6.07) is 9.34. The quantitative estimate of drug-likeness (QED) is 0.264. The van der Waals surface area contributed by atoms with Crippen molar-refractivity contribution in [2.24, 2.45) is 142 Å². The number of fused-ring (bicyclic) bond motifs is 3. The molecule has 15 unspecified atom stereocenters. The molecule has 3 nitrogen and oxygen atoms in total. The van der Waals surface area contributed by atoms with Crippen LogP contribution in [0.25, 0.3) is 0 Å². The molecule has 0 aromatic carbocycles. The van der Waals surface area contributed by atoms with Gasteiger partial charge in [0.15, 0.2) is 0 Å². The summed E-state index contributed by atoms with van der Waals surface area (Å²) in [4.78, 5) is 0. The van der Waals surface area contributed by atoms with Crippen LogP contribution >= 0.6 is 35.3 Å². The lowest BCUT2D eigenvalue weighted by atomic mass is 9.42. The first kappa shape index (κ1) is 46.3. The predicted octanol–water partition coefficient (Wildman–Crippen LogP) is 14.9. The molecule has 6 heteroatoms. The largest absolute Gasteiger partial charge is 0.198 e. The van der Waals surface area contributed by atoms with Crippen LogP contribution in [0, 0.1) is 176 Å². The van der Waals surface area contributed by atoms with Gasteiger partial charge in [-0.3, -0.25) is 0 Å². The van der Waals surface area contributed by atoms with Crippen molar-refractivity contribution in [3.63, 3.8) is 0 Å². The third-order valence-corrected chi connectivity index (χ3v) is 27.1. The Hall–Kier alpha value is -0.480. The maximum atomic E-state index is 11.8. The normalized spacial score (nSPS) is 56.0. The summed E-state index contributed by atoms with van der Waals surface area (Å²) in [5, 5.41) is 38.2. The summed E-state index contributed by atoms with van der Waals surface area (Å²) in [5.74, 6) is 15.9. The maximum Gasteiger partial charge on any atom is 0.0662 e. The molecule has 3 heterocycles. The monoisotopic (exact) mass is 910 g/mol. The number of nitriles is 3. The molecule has 0 N–H and O–H groups in total. The minimum absolute atomic E-state index is 0.0760. The zero-order valence-corrected chi connectivity index (χ0v) is 43.0. The zero-order chi connectivity index (χ0) is 43.7. The zero-order valence-electron chi connectivity index (χ0n) is 40.5. The van der Waals surface area contributed by atoms with Crippen molar-refractivity contribution in [3.05, 3.63) is 0 Å². The van der Waals surface area contributed by atoms with Crippen molar-refractivity contribution in [2.75, 3.05) is 17.3 Å². The SMILES string of the molecule is CC1CC(C2CCC3SCCC3C2)CC(C)C1C1C(C#N)C(C2C(C)CC(C3CCC4SCCC4C3)CC2C)C(C#N)C(C2C(C)CC(C3CCC4SCCC4C3)CC2C)C1C#N. The van der Waals surface area contributed by atoms with Crippen molar-refractivity contribution in [3.8, 4) is 18.2 Å². The van der Waals surface area contributed by atoms with Crippen molar-refractivity contribution < 1.29 is 0 Å². The Morgan fingerprint density at radius 3 is 0.778 bits per heavy atom. The van der Waals surface area contributed by atoms with Gasteiger partial charge < -0.3 is 0 Å². The Labute approximate surface area is 399 Å². The average molecular weight is 911 g/mol. The molecule has 0 spiro atoms. The van der Waals surface area contributed by atoms with Gasteiger partial charge in [0.25, 0.3) is 0 Å². The Kier molecular flexibility index (Phi) is 14.3. The van der Waals surface area contributed by atoms with Gasteiger partial charge in [-0.2, -0.15) is 51.1 Å². The summed E-state index contributed by atoms with van der Waals surface area (Å²) in [5.41, 5.74) is 0. The molecule has 10 rings (SSSR count). The first-order valence-electron chi connectivity index (χ1n) is 27.6. The van der Waals surface area contributed by atoms with Crippen LogP contribution in [-0.4, -0.2) is 33.0 Å². The highest BCUT2D eigenvalue weighted by atomic mass is 32.2. The van der Waals surface area contributed by atoms with Gasteiger partial charge >= 0.3 is 0 Å². The predicted molar refractivity (Wildman–Crippen MR) is 266 cm³/mol. The molecule has 0 amide bonds. The van der Waals surface area contributed by atoms with Gasteiger partial charge in [-0.15, -0.1) is 0 Å². The lowest BCUT2D eigenvalue weighted by Crippen LogP contribution is -2.58. The smallest absolute Gasteiger partial charge is 0.0662 e. The molecule has 10 aliphatic rings. The van der Waals surface area contributed by atoms with E-state index in [4.69, 9.17) is 0 Å². The van der Waals surface area contributed by atoms with Crippen molar-refractivity contribution in [2.45, 2.75) is 173 Å². The lowest BCUT2D eigenvalue weighted by Gasteiger charge is -2.60. The van der Waals surface area contributed by atoms with Crippen LogP contribution in [0.1, 0.15) is 157 Å². The molecule has 7 saturated carbocycles. The van der Waals surface area contributed by atoms with Gasteiger partial charge in [-0.1, -0.05) is 41.5 Å². The molecule has 3 aliphatic heterocycles. The molecule has 10 fully saturated rings. The Morgan fingerprint density at radius 1 is 0.286 bits per heavy atom. The van der Waals surface area contributed by atoms with E-state index >= 15 is 0 Å². The number of hydrogen-bond acceptors (Lipinski definition) is 6. The molecular formula is C57H87N3S3. The van der Waals surface area contributed by atoms with E-state index in [1.54, 1.807) is 0 Å². The number of thioether (sulfide) groups is 3. The molecule has 0 aromatic heterocycles. The highest BCUT2D eigenvalue weighted by Crippen LogP contribution is 2.65. The standard InChI is InChI=1S/C57H87N3S3/c1-31-19-43(37-7-10-49-40(25-37)13-16-61-49)20-32(2)52(31)55-46(28-58)56(53-33(3)21-44(22-34(53)4)38-8-11-50-41(26-38)14-17-62-50)48(30-60)57(47(55)29-59)54-35(5)23-45(24-36(54)6)39-9-12-51-42(27-39)15-18-63-51/h31-57H,7-27H2,1-6H3. The van der Waals surface area contributed by atoms with Gasteiger partial charge in [0, 0.05) is 15.7 Å². The van der Waals surface area contributed by atoms with E-state index in [1.807, 2.05) is 0 Å². The van der Waals surface area contributed by atoms with Crippen LogP contribution in [0.2, 0.25) is 0 Å². The fourth-order valence-electron chi connectivity index (χ4n) is 20.4. The first-order valence-corrected chi connectivity index (χ1v) is 30.7. The highest BCUT2D eigenvalue weighted by molar-refractivity contribution is 8.00. The molecule has 0 aromatic rings. The molecule has 0 radical (unpaired) electrons. The van der Waals surface area contributed by atoms with Crippen LogP contribution in [0.5, 0.6) is 0 Å². The second kappa shape index (κ2) is 19.5. The van der Waals surface area contributed by atoms with E-state index in [0.717, 1.165) is 69.0 Å². The van der Waals surface area contributed by atoms with Gasteiger partial charge in [0.1, 0.15) is 0 Å². The fraction of sp³-hybridized carbons (Fsp3) is 0.947. The minimum atomic E-state index is -0.202. The van der Waals surface area contributed by atoms with Gasteiger partial charge in [-0.05, 0) is 257 Å². The van der Waals surface area contributed by atoms with Crippen LogP contribution in [0.4, 0.5) is 0 Å². The molecule has 348 valence electrons. The second-order valence-electron chi connectivity index (χ2n) is 25.6. The topological polar surface area (TPSA) is 71.4 Å². The van der Waals surface area contributed by atoms with Crippen LogP contribution in [-0.2, 0) is 0 Å². The van der Waals surface area contributed by atoms with E-state index < -0.39 is 0 Å². The third kappa shape index (κ3) is 8.67. The van der Waals surface area contributed by atoms with E-state index in [0.29, 0.717) is 53.3 Å². The van der Waals surface area contributed by atoms with E-state index in [2.05, 4.69) is 95.0 Å². The van der Waals surface area contributed by atoms with E-state index in [-0.39, 0.29) is 35.5 Å². The van der Waals surface area contributed by atoms with E-state index in [9.17, 15) is 15.8 Å². The van der Waals surface area contributed by atoms with Gasteiger partial charge in [0.2, 0.25) is 0 Å². The second-order valence-corrected chi connectivity index (χ2v) is 29.6. The lowest BCUT2D eigenvalue weighted by molar-refractivity contribution is -0.116. The number of rotatable bonds is 6. The first-order chi connectivity index (χ1) is 30.6. The van der Waals surface area contributed by atoms with Crippen LogP contribution in [0.15, 0.2) is 0 Å². The molecule has 15 atom stereocenters. The van der Waals surface area contributed by atoms with Crippen molar-refractivity contribution >= 4 is 35.3 Å². The molecule has 3 saturated heterocycles. The molecule has 63 heavy (non-hydrogen) atoms. The number of nitrogens with zero attached hydrogens (tertiary/aromatic N) is 3. The van der Waals surface area contributed by atoms with Crippen molar-refractivity contribution in [1.82, 2.24) is 0 Å². The Balaban J connectivity index is 0.956. The van der Waals surface area contributed by atoms with Crippen LogP contribution in [0.3, 0.4) is 0 Å². The minimum Gasteiger partial charge on any atom is -0.198 e. The summed E-state index contributed by atoms with van der Waals surface area (Å²) < 4.78 is 0. The number of hydrogen-bond donors (Lipinski definition) is 0. The third-order valence-electron chi connectivity index (χ3n) is 22.6. The highest BCUT2D eigenvalue weighted by Gasteiger charge is 2.62. The van der Waals surface area contributed by atoms with Gasteiger partial charge in [0.05, 0.1) is 36.0 Å². The summed E-state index contributed by atoms with van der Waals surface area (Å²) in [6.45, 7) is 15.4. The average Bonchev–Trinajstić information content (AvgIpc) is 4.06. The summed E-state index contributed by atoms with van der Waals surface area (Å²) in [7, 11) is 0. The van der Waals surface area contributed by atoms with Gasteiger partial charge in [-0.25, -0.2) is 0 Å². The fourth-order valence-corrected chi connectivity index (χ4v) is 25.1. The van der Waals surface area contributed by atoms with E-state index in [1.165, 1.54) is 133 Å². The molecule has 0 bridgehead atoms. The Bertz CT molecular complexity index is 1470. The molecular weight excluding hydrogens is 823 g/mol.